The van der Waals surface area contributed by atoms with Crippen LogP contribution in [0.2, 0.25) is 0 Å². The molecule has 2 aromatic carbocycles. The van der Waals surface area contributed by atoms with E-state index in [0.717, 1.165) is 12.8 Å². The summed E-state index contributed by atoms with van der Waals surface area (Å²) in [5.41, 5.74) is 1.03. The Balaban J connectivity index is 1.41. The highest BCUT2D eigenvalue weighted by Gasteiger charge is 2.29. The van der Waals surface area contributed by atoms with E-state index in [1.165, 1.54) is 12.1 Å². The van der Waals surface area contributed by atoms with Crippen LogP contribution in [0, 0.1) is 5.82 Å². The quantitative estimate of drug-likeness (QED) is 0.714. The van der Waals surface area contributed by atoms with Crippen molar-refractivity contribution in [1.82, 2.24) is 4.72 Å². The number of benzene rings is 2. The van der Waals surface area contributed by atoms with Gasteiger partial charge in [0.2, 0.25) is 5.91 Å². The van der Waals surface area contributed by atoms with Gasteiger partial charge in [-0.15, -0.1) is 0 Å². The van der Waals surface area contributed by atoms with Gasteiger partial charge >= 0.3 is 0 Å². The lowest BCUT2D eigenvalue weighted by Crippen LogP contribution is -2.22. The zero-order valence-corrected chi connectivity index (χ0v) is 15.4. The summed E-state index contributed by atoms with van der Waals surface area (Å²) >= 11 is 0. The van der Waals surface area contributed by atoms with Crippen LogP contribution >= 0.6 is 0 Å². The lowest BCUT2D eigenvalue weighted by atomic mass is 10.2. The number of amidine groups is 1. The van der Waals surface area contributed by atoms with Crippen LogP contribution in [0.1, 0.15) is 31.2 Å². The minimum absolute atomic E-state index is 0.163. The Kier molecular flexibility index (Phi) is 5.85. The average Bonchev–Trinajstić information content (AvgIpc) is 2.89. The van der Waals surface area contributed by atoms with Crippen molar-refractivity contribution in [2.24, 2.45) is 4.99 Å². The maximum absolute atomic E-state index is 13.1. The molecule has 0 aromatic heterocycles. The molecule has 1 heterocycles. The predicted molar refractivity (Wildman–Crippen MR) is 102 cm³/mol. The Labute approximate surface area is 157 Å². The number of sulfonamides is 1. The molecule has 142 valence electrons. The minimum Gasteiger partial charge on any atom is -0.326 e. The van der Waals surface area contributed by atoms with E-state index >= 15 is 0 Å². The first-order valence-corrected chi connectivity index (χ1v) is 10.2. The number of anilines is 1. The zero-order valence-electron chi connectivity index (χ0n) is 14.6. The molecule has 6 nitrogen and oxygen atoms in total. The number of aliphatic imine (C=N–C) groups is 1. The van der Waals surface area contributed by atoms with E-state index in [-0.39, 0.29) is 10.8 Å². The van der Waals surface area contributed by atoms with Crippen LogP contribution in [0.3, 0.4) is 0 Å². The van der Waals surface area contributed by atoms with Gasteiger partial charge in [-0.3, -0.25) is 14.5 Å². The molecule has 2 aromatic rings. The SMILES string of the molecule is O=C(CCCCCN=C1NS(=O)(=O)c2ccccc21)Nc1cccc(F)c1. The molecule has 8 heteroatoms. The molecule has 0 fully saturated rings. The van der Waals surface area contributed by atoms with Crippen LogP contribution in [0.15, 0.2) is 58.4 Å². The lowest BCUT2D eigenvalue weighted by Gasteiger charge is -2.05. The summed E-state index contributed by atoms with van der Waals surface area (Å²) in [5.74, 6) is -0.185. The van der Waals surface area contributed by atoms with E-state index in [9.17, 15) is 17.6 Å². The third kappa shape index (κ3) is 4.91. The fourth-order valence-electron chi connectivity index (χ4n) is 2.81. The van der Waals surface area contributed by atoms with Crippen LogP contribution in [-0.2, 0) is 14.8 Å². The summed E-state index contributed by atoms with van der Waals surface area (Å²) in [5, 5.41) is 2.66. The van der Waals surface area contributed by atoms with Crippen molar-refractivity contribution in [2.75, 3.05) is 11.9 Å². The maximum Gasteiger partial charge on any atom is 0.263 e. The molecule has 3 rings (SSSR count). The van der Waals surface area contributed by atoms with Crippen LogP contribution in [0.4, 0.5) is 10.1 Å². The van der Waals surface area contributed by atoms with Crippen molar-refractivity contribution >= 4 is 27.5 Å². The molecular weight excluding hydrogens is 369 g/mol. The minimum atomic E-state index is -3.51. The first-order chi connectivity index (χ1) is 13.0. The molecule has 0 bridgehead atoms. The van der Waals surface area contributed by atoms with E-state index in [0.29, 0.717) is 36.5 Å². The van der Waals surface area contributed by atoms with Crippen LogP contribution < -0.4 is 10.0 Å². The molecule has 0 radical (unpaired) electrons. The summed E-state index contributed by atoms with van der Waals surface area (Å²) in [6, 6.07) is 12.5. The van der Waals surface area contributed by atoms with Gasteiger partial charge in [-0.05, 0) is 43.2 Å². The fourth-order valence-corrected chi connectivity index (χ4v) is 4.06. The molecule has 27 heavy (non-hydrogen) atoms. The number of amides is 1. The molecule has 0 saturated carbocycles. The topological polar surface area (TPSA) is 87.6 Å². The van der Waals surface area contributed by atoms with E-state index < -0.39 is 15.8 Å². The van der Waals surface area contributed by atoms with Gasteiger partial charge in [0.1, 0.15) is 11.7 Å². The number of carbonyl (C=O) groups excluding carboxylic acids is 1. The molecular formula is C19H20FN3O3S. The van der Waals surface area contributed by atoms with Crippen molar-refractivity contribution in [3.05, 3.63) is 59.9 Å². The number of unbranched alkanes of at least 4 members (excludes halogenated alkanes) is 2. The highest BCUT2D eigenvalue weighted by molar-refractivity contribution is 7.90. The highest BCUT2D eigenvalue weighted by Crippen LogP contribution is 2.22. The Bertz CT molecular complexity index is 974. The molecule has 0 spiro atoms. The second-order valence-electron chi connectivity index (χ2n) is 6.20. The number of nitrogens with one attached hydrogen (secondary N) is 2. The van der Waals surface area contributed by atoms with E-state index in [2.05, 4.69) is 15.0 Å². The molecule has 1 amide bonds. The second-order valence-corrected chi connectivity index (χ2v) is 7.85. The lowest BCUT2D eigenvalue weighted by molar-refractivity contribution is -0.116. The van der Waals surface area contributed by atoms with Gasteiger partial charge in [-0.2, -0.15) is 0 Å². The zero-order chi connectivity index (χ0) is 19.3. The van der Waals surface area contributed by atoms with Crippen LogP contribution in [0.25, 0.3) is 0 Å². The number of fused-ring (bicyclic) bond motifs is 1. The number of rotatable bonds is 7. The summed E-state index contributed by atoms with van der Waals surface area (Å²) in [6.45, 7) is 0.470. The van der Waals surface area contributed by atoms with Gasteiger partial charge < -0.3 is 5.32 Å². The Morgan fingerprint density at radius 3 is 2.70 bits per heavy atom. The number of nitrogens with zero attached hydrogens (tertiary/aromatic N) is 1. The number of halogens is 1. The summed E-state index contributed by atoms with van der Waals surface area (Å²) in [6.07, 6.45) is 2.53. The third-order valence-electron chi connectivity index (χ3n) is 4.10. The van der Waals surface area contributed by atoms with E-state index in [4.69, 9.17) is 0 Å². The van der Waals surface area contributed by atoms with E-state index in [1.807, 2.05) is 0 Å². The average molecular weight is 389 g/mol. The molecule has 1 aliphatic rings. The van der Waals surface area contributed by atoms with Gasteiger partial charge in [-0.25, -0.2) is 12.8 Å². The largest absolute Gasteiger partial charge is 0.326 e. The number of hydrogen-bond acceptors (Lipinski definition) is 4. The third-order valence-corrected chi connectivity index (χ3v) is 5.50. The smallest absolute Gasteiger partial charge is 0.263 e. The highest BCUT2D eigenvalue weighted by atomic mass is 32.2. The maximum atomic E-state index is 13.1. The monoisotopic (exact) mass is 389 g/mol. The van der Waals surface area contributed by atoms with Crippen molar-refractivity contribution in [2.45, 2.75) is 30.6 Å². The molecule has 0 aliphatic carbocycles. The van der Waals surface area contributed by atoms with Crippen molar-refractivity contribution in [1.29, 1.82) is 0 Å². The first kappa shape index (κ1) is 19.0. The van der Waals surface area contributed by atoms with Crippen molar-refractivity contribution in [3.8, 4) is 0 Å². The molecule has 0 saturated heterocycles. The van der Waals surface area contributed by atoms with Crippen molar-refractivity contribution < 1.29 is 17.6 Å². The molecule has 0 unspecified atom stereocenters. The van der Waals surface area contributed by atoms with Crippen molar-refractivity contribution in [3.63, 3.8) is 0 Å². The Morgan fingerprint density at radius 1 is 1.07 bits per heavy atom. The predicted octanol–water partition coefficient (Wildman–Crippen LogP) is 3.06. The normalized spacial score (nSPS) is 16.0. The van der Waals surface area contributed by atoms with Crippen LogP contribution in [-0.4, -0.2) is 26.7 Å². The number of hydrogen-bond donors (Lipinski definition) is 2. The molecule has 2 N–H and O–H groups in total. The molecule has 1 aliphatic heterocycles. The van der Waals surface area contributed by atoms with Gasteiger partial charge in [0.15, 0.2) is 0 Å². The van der Waals surface area contributed by atoms with Gasteiger partial charge in [0, 0.05) is 24.2 Å². The summed E-state index contributed by atoms with van der Waals surface area (Å²) < 4.78 is 39.5. The Morgan fingerprint density at radius 2 is 1.89 bits per heavy atom. The Hall–Kier alpha value is -2.74. The molecule has 0 atom stereocenters. The van der Waals surface area contributed by atoms with Gasteiger partial charge in [-0.1, -0.05) is 24.6 Å². The fraction of sp³-hybridized carbons (Fsp3) is 0.263. The summed E-state index contributed by atoms with van der Waals surface area (Å²) in [4.78, 5) is 16.4. The van der Waals surface area contributed by atoms with Gasteiger partial charge in [0.05, 0.1) is 4.90 Å². The number of carbonyl (C=O) groups is 1. The first-order valence-electron chi connectivity index (χ1n) is 8.68. The van der Waals surface area contributed by atoms with Gasteiger partial charge in [0.25, 0.3) is 10.0 Å². The van der Waals surface area contributed by atoms with E-state index in [1.54, 1.807) is 36.4 Å². The standard InChI is InChI=1S/C19H20FN3O3S/c20-14-7-6-8-15(13-14)22-18(24)11-2-1-5-12-21-19-16-9-3-4-10-17(16)27(25,26)23-19/h3-4,6-10,13H,1-2,5,11-12H2,(H,21,23)(H,22,24). The summed E-state index contributed by atoms with van der Waals surface area (Å²) in [7, 11) is -3.51. The van der Waals surface area contributed by atoms with Crippen LogP contribution in [0.5, 0.6) is 0 Å². The second kappa shape index (κ2) is 8.30.